The number of nitrogen functional groups attached to an aromatic ring is 1. The van der Waals surface area contributed by atoms with Crippen molar-refractivity contribution in [3.05, 3.63) is 58.7 Å². The van der Waals surface area contributed by atoms with Gasteiger partial charge in [-0.25, -0.2) is 4.98 Å². The van der Waals surface area contributed by atoms with Gasteiger partial charge in [-0.05, 0) is 11.6 Å². The molecule has 0 aliphatic heterocycles. The van der Waals surface area contributed by atoms with Crippen molar-refractivity contribution in [1.29, 1.82) is 5.41 Å². The number of amidine groups is 1. The van der Waals surface area contributed by atoms with E-state index in [9.17, 15) is 5.11 Å². The molecule has 21 heavy (non-hydrogen) atoms. The SMILES string of the molecule is N=C(N)c1ccnc(N(CCO)Cc2ccccc2)c1Cl. The number of hydrogen-bond acceptors (Lipinski definition) is 4. The van der Waals surface area contributed by atoms with Crippen LogP contribution in [-0.2, 0) is 6.54 Å². The van der Waals surface area contributed by atoms with Gasteiger partial charge in [0.1, 0.15) is 11.7 Å². The van der Waals surface area contributed by atoms with Gasteiger partial charge < -0.3 is 15.7 Å². The third-order valence-electron chi connectivity index (χ3n) is 3.05. The van der Waals surface area contributed by atoms with Gasteiger partial charge in [-0.3, -0.25) is 5.41 Å². The second-order valence-corrected chi connectivity index (χ2v) is 4.92. The molecule has 0 bridgehead atoms. The predicted octanol–water partition coefficient (Wildman–Crippen LogP) is 2.02. The number of pyridine rings is 1. The molecule has 110 valence electrons. The summed E-state index contributed by atoms with van der Waals surface area (Å²) < 4.78 is 0. The summed E-state index contributed by atoms with van der Waals surface area (Å²) in [5.74, 6) is 0.412. The number of aliphatic hydroxyl groups excluding tert-OH is 1. The maximum Gasteiger partial charge on any atom is 0.148 e. The third-order valence-corrected chi connectivity index (χ3v) is 3.42. The molecular weight excluding hydrogens is 288 g/mol. The first-order valence-corrected chi connectivity index (χ1v) is 6.90. The van der Waals surface area contributed by atoms with E-state index < -0.39 is 0 Å². The van der Waals surface area contributed by atoms with E-state index in [4.69, 9.17) is 22.7 Å². The average molecular weight is 305 g/mol. The lowest BCUT2D eigenvalue weighted by molar-refractivity contribution is 0.301. The van der Waals surface area contributed by atoms with E-state index in [1.54, 1.807) is 12.3 Å². The van der Waals surface area contributed by atoms with E-state index in [0.717, 1.165) is 5.56 Å². The molecule has 0 aliphatic rings. The number of hydrogen-bond donors (Lipinski definition) is 3. The van der Waals surface area contributed by atoms with Crippen molar-refractivity contribution >= 4 is 23.3 Å². The highest BCUT2D eigenvalue weighted by Gasteiger charge is 2.16. The topological polar surface area (TPSA) is 86.2 Å². The molecule has 1 aromatic carbocycles. The van der Waals surface area contributed by atoms with Crippen molar-refractivity contribution in [2.45, 2.75) is 6.54 Å². The largest absolute Gasteiger partial charge is 0.395 e. The van der Waals surface area contributed by atoms with Gasteiger partial charge >= 0.3 is 0 Å². The molecular formula is C15H17ClN4O. The fraction of sp³-hybridized carbons (Fsp3) is 0.200. The number of nitrogens with zero attached hydrogens (tertiary/aromatic N) is 2. The van der Waals surface area contributed by atoms with Crippen molar-refractivity contribution in [1.82, 2.24) is 4.98 Å². The Balaban J connectivity index is 2.34. The Kier molecular flexibility index (Phi) is 5.14. The van der Waals surface area contributed by atoms with Crippen LogP contribution in [-0.4, -0.2) is 29.1 Å². The van der Waals surface area contributed by atoms with Gasteiger partial charge in [0.2, 0.25) is 0 Å². The van der Waals surface area contributed by atoms with Crippen LogP contribution in [0, 0.1) is 5.41 Å². The molecule has 2 rings (SSSR count). The Morgan fingerprint density at radius 3 is 2.62 bits per heavy atom. The van der Waals surface area contributed by atoms with Gasteiger partial charge in [-0.2, -0.15) is 0 Å². The molecule has 0 unspecified atom stereocenters. The normalized spacial score (nSPS) is 10.4. The summed E-state index contributed by atoms with van der Waals surface area (Å²) in [6.45, 7) is 0.938. The molecule has 0 atom stereocenters. The Morgan fingerprint density at radius 2 is 2.00 bits per heavy atom. The Labute approximate surface area is 128 Å². The zero-order valence-corrected chi connectivity index (χ0v) is 12.2. The zero-order chi connectivity index (χ0) is 15.2. The van der Waals surface area contributed by atoms with Crippen LogP contribution in [0.3, 0.4) is 0 Å². The van der Waals surface area contributed by atoms with Crippen LogP contribution in [0.25, 0.3) is 0 Å². The minimum absolute atomic E-state index is 0.0187. The van der Waals surface area contributed by atoms with Crippen LogP contribution >= 0.6 is 11.6 Å². The molecule has 0 spiro atoms. The Morgan fingerprint density at radius 1 is 1.29 bits per heavy atom. The van der Waals surface area contributed by atoms with Crippen molar-refractivity contribution in [2.75, 3.05) is 18.1 Å². The summed E-state index contributed by atoms with van der Waals surface area (Å²) in [6, 6.07) is 11.4. The highest BCUT2D eigenvalue weighted by Crippen LogP contribution is 2.27. The van der Waals surface area contributed by atoms with E-state index in [-0.39, 0.29) is 12.4 Å². The molecule has 0 aliphatic carbocycles. The molecule has 0 fully saturated rings. The van der Waals surface area contributed by atoms with Gasteiger partial charge in [0, 0.05) is 24.8 Å². The fourth-order valence-electron chi connectivity index (χ4n) is 2.05. The van der Waals surface area contributed by atoms with Crippen molar-refractivity contribution in [3.8, 4) is 0 Å². The van der Waals surface area contributed by atoms with Crippen LogP contribution in [0.15, 0.2) is 42.6 Å². The van der Waals surface area contributed by atoms with E-state index in [1.807, 2.05) is 35.2 Å². The highest BCUT2D eigenvalue weighted by atomic mass is 35.5. The number of aromatic nitrogens is 1. The monoisotopic (exact) mass is 304 g/mol. The Bertz CT molecular complexity index is 618. The van der Waals surface area contributed by atoms with E-state index in [2.05, 4.69) is 4.98 Å². The van der Waals surface area contributed by atoms with Gasteiger partial charge in [0.15, 0.2) is 0 Å². The first kappa shape index (κ1) is 15.3. The lowest BCUT2D eigenvalue weighted by atomic mass is 10.2. The number of aliphatic hydroxyl groups is 1. The number of nitrogens with one attached hydrogen (secondary N) is 1. The van der Waals surface area contributed by atoms with Gasteiger partial charge in [0.05, 0.1) is 11.6 Å². The number of anilines is 1. The number of benzene rings is 1. The maximum absolute atomic E-state index is 9.27. The number of nitrogens with two attached hydrogens (primary N) is 1. The minimum atomic E-state index is -0.104. The van der Waals surface area contributed by atoms with Crippen LogP contribution in [0.5, 0.6) is 0 Å². The van der Waals surface area contributed by atoms with E-state index in [1.165, 1.54) is 0 Å². The average Bonchev–Trinajstić information content (AvgIpc) is 2.48. The number of halogens is 1. The molecule has 5 nitrogen and oxygen atoms in total. The molecule has 2 aromatic rings. The minimum Gasteiger partial charge on any atom is -0.395 e. The van der Waals surface area contributed by atoms with Crippen LogP contribution in [0.1, 0.15) is 11.1 Å². The molecule has 0 saturated carbocycles. The smallest absolute Gasteiger partial charge is 0.148 e. The van der Waals surface area contributed by atoms with Crippen molar-refractivity contribution < 1.29 is 5.11 Å². The summed E-state index contributed by atoms with van der Waals surface area (Å²) in [6.07, 6.45) is 1.56. The maximum atomic E-state index is 9.27. The standard InChI is InChI=1S/C15H17ClN4O/c16-13-12(14(17)18)6-7-19-15(13)20(8-9-21)10-11-4-2-1-3-5-11/h1-7,21H,8-10H2,(H3,17,18). The van der Waals surface area contributed by atoms with Crippen molar-refractivity contribution in [3.63, 3.8) is 0 Å². The molecule has 1 heterocycles. The molecule has 0 radical (unpaired) electrons. The zero-order valence-electron chi connectivity index (χ0n) is 11.5. The summed E-state index contributed by atoms with van der Waals surface area (Å²) in [5, 5.41) is 17.1. The van der Waals surface area contributed by atoms with Gasteiger partial charge in [-0.1, -0.05) is 41.9 Å². The second-order valence-electron chi connectivity index (χ2n) is 4.54. The molecule has 6 heteroatoms. The first-order chi connectivity index (χ1) is 10.1. The summed E-state index contributed by atoms with van der Waals surface area (Å²) >= 11 is 6.29. The first-order valence-electron chi connectivity index (χ1n) is 6.52. The molecule has 0 saturated heterocycles. The van der Waals surface area contributed by atoms with E-state index >= 15 is 0 Å². The van der Waals surface area contributed by atoms with Gasteiger partial charge in [-0.15, -0.1) is 0 Å². The predicted molar refractivity (Wildman–Crippen MR) is 84.8 cm³/mol. The molecule has 0 amide bonds. The third kappa shape index (κ3) is 3.71. The number of rotatable bonds is 6. The van der Waals surface area contributed by atoms with Crippen LogP contribution in [0.4, 0.5) is 5.82 Å². The molecule has 4 N–H and O–H groups in total. The summed E-state index contributed by atoms with van der Waals surface area (Å²) in [5.41, 5.74) is 7.04. The van der Waals surface area contributed by atoms with Gasteiger partial charge in [0.25, 0.3) is 0 Å². The Hall–Kier alpha value is -2.11. The highest BCUT2D eigenvalue weighted by molar-refractivity contribution is 6.36. The summed E-state index contributed by atoms with van der Waals surface area (Å²) in [4.78, 5) is 6.13. The van der Waals surface area contributed by atoms with Crippen LogP contribution < -0.4 is 10.6 Å². The van der Waals surface area contributed by atoms with E-state index in [0.29, 0.717) is 29.5 Å². The molecule has 1 aromatic heterocycles. The lowest BCUT2D eigenvalue weighted by Crippen LogP contribution is -2.28. The second kappa shape index (κ2) is 7.06. The van der Waals surface area contributed by atoms with Crippen molar-refractivity contribution in [2.24, 2.45) is 5.73 Å². The van der Waals surface area contributed by atoms with Crippen LogP contribution in [0.2, 0.25) is 5.02 Å². The lowest BCUT2D eigenvalue weighted by Gasteiger charge is -2.24. The quantitative estimate of drug-likeness (QED) is 0.563. The summed E-state index contributed by atoms with van der Waals surface area (Å²) in [7, 11) is 0. The fourth-order valence-corrected chi connectivity index (χ4v) is 2.38.